The van der Waals surface area contributed by atoms with Gasteiger partial charge in [0.25, 0.3) is 0 Å². The number of Topliss-reactive ketones (excluding diaryl/α,β-unsaturated/α-hetero) is 1. The van der Waals surface area contributed by atoms with E-state index in [9.17, 15) is 4.79 Å². The van der Waals surface area contributed by atoms with Crippen LogP contribution in [-0.2, 0) is 4.74 Å². The van der Waals surface area contributed by atoms with Crippen molar-refractivity contribution in [2.45, 2.75) is 45.6 Å². The Kier molecular flexibility index (Phi) is 4.97. The van der Waals surface area contributed by atoms with E-state index in [4.69, 9.17) is 9.47 Å². The Balaban J connectivity index is 1.83. The minimum absolute atomic E-state index is 0.0535. The first-order chi connectivity index (χ1) is 9.16. The van der Waals surface area contributed by atoms with Crippen LogP contribution >= 0.6 is 0 Å². The van der Waals surface area contributed by atoms with Crippen LogP contribution in [0.15, 0.2) is 18.2 Å². The van der Waals surface area contributed by atoms with Gasteiger partial charge >= 0.3 is 0 Å². The molecule has 1 atom stereocenters. The zero-order valence-electron chi connectivity index (χ0n) is 11.8. The second-order valence-corrected chi connectivity index (χ2v) is 5.18. The SMILES string of the molecule is CC(=O)c1cc(C)ccc1OCCCC1CCCO1. The number of rotatable bonds is 6. The van der Waals surface area contributed by atoms with E-state index in [2.05, 4.69) is 0 Å². The summed E-state index contributed by atoms with van der Waals surface area (Å²) in [7, 11) is 0. The Labute approximate surface area is 114 Å². The number of hydrogen-bond acceptors (Lipinski definition) is 3. The lowest BCUT2D eigenvalue weighted by Gasteiger charge is -2.12. The quantitative estimate of drug-likeness (QED) is 0.581. The smallest absolute Gasteiger partial charge is 0.163 e. The molecule has 0 amide bonds. The topological polar surface area (TPSA) is 35.5 Å². The molecule has 3 nitrogen and oxygen atoms in total. The first-order valence-electron chi connectivity index (χ1n) is 7.03. The van der Waals surface area contributed by atoms with E-state index >= 15 is 0 Å². The maximum absolute atomic E-state index is 11.6. The molecule has 0 bridgehead atoms. The number of ether oxygens (including phenoxy) is 2. The Morgan fingerprint density at radius 2 is 2.32 bits per heavy atom. The fourth-order valence-electron chi connectivity index (χ4n) is 2.41. The van der Waals surface area contributed by atoms with Gasteiger partial charge in [-0.1, -0.05) is 11.6 Å². The van der Waals surface area contributed by atoms with Crippen LogP contribution in [0.5, 0.6) is 5.75 Å². The highest BCUT2D eigenvalue weighted by Gasteiger charge is 2.15. The van der Waals surface area contributed by atoms with Crippen LogP contribution in [0, 0.1) is 6.92 Å². The molecule has 19 heavy (non-hydrogen) atoms. The number of aryl methyl sites for hydroxylation is 1. The van der Waals surface area contributed by atoms with Crippen molar-refractivity contribution in [2.24, 2.45) is 0 Å². The molecule has 0 N–H and O–H groups in total. The van der Waals surface area contributed by atoms with Gasteiger partial charge in [-0.3, -0.25) is 4.79 Å². The van der Waals surface area contributed by atoms with Gasteiger partial charge < -0.3 is 9.47 Å². The van der Waals surface area contributed by atoms with E-state index < -0.39 is 0 Å². The maximum atomic E-state index is 11.6. The van der Waals surface area contributed by atoms with E-state index in [1.54, 1.807) is 6.92 Å². The molecular weight excluding hydrogens is 240 g/mol. The summed E-state index contributed by atoms with van der Waals surface area (Å²) in [6, 6.07) is 5.75. The van der Waals surface area contributed by atoms with Crippen LogP contribution in [0.3, 0.4) is 0 Å². The summed E-state index contributed by atoms with van der Waals surface area (Å²) in [6.07, 6.45) is 4.77. The van der Waals surface area contributed by atoms with Crippen LogP contribution in [0.4, 0.5) is 0 Å². The van der Waals surface area contributed by atoms with Gasteiger partial charge in [0.05, 0.1) is 18.3 Å². The minimum atomic E-state index is 0.0535. The van der Waals surface area contributed by atoms with Crippen LogP contribution < -0.4 is 4.74 Å². The molecule has 1 saturated heterocycles. The molecule has 104 valence electrons. The third kappa shape index (κ3) is 4.06. The Bertz CT molecular complexity index is 434. The molecule has 0 aromatic heterocycles. The van der Waals surface area contributed by atoms with E-state index in [-0.39, 0.29) is 5.78 Å². The first-order valence-corrected chi connectivity index (χ1v) is 7.03. The molecule has 1 unspecified atom stereocenters. The van der Waals surface area contributed by atoms with E-state index in [0.29, 0.717) is 24.0 Å². The van der Waals surface area contributed by atoms with E-state index in [0.717, 1.165) is 25.0 Å². The third-order valence-corrected chi connectivity index (χ3v) is 3.47. The highest BCUT2D eigenvalue weighted by atomic mass is 16.5. The number of hydrogen-bond donors (Lipinski definition) is 0. The highest BCUT2D eigenvalue weighted by Crippen LogP contribution is 2.22. The number of ketones is 1. The van der Waals surface area contributed by atoms with Crippen molar-refractivity contribution in [1.82, 2.24) is 0 Å². The number of carbonyl (C=O) groups is 1. The number of benzene rings is 1. The lowest BCUT2D eigenvalue weighted by atomic mass is 10.1. The van der Waals surface area contributed by atoms with Crippen LogP contribution in [-0.4, -0.2) is 25.1 Å². The van der Waals surface area contributed by atoms with Gasteiger partial charge in [0.2, 0.25) is 0 Å². The van der Waals surface area contributed by atoms with E-state index in [1.807, 2.05) is 25.1 Å². The standard InChI is InChI=1S/C16H22O3/c1-12-7-8-16(15(11-12)13(2)17)19-10-4-6-14-5-3-9-18-14/h7-8,11,14H,3-6,9-10H2,1-2H3. The van der Waals surface area contributed by atoms with Gasteiger partial charge in [-0.2, -0.15) is 0 Å². The summed E-state index contributed by atoms with van der Waals surface area (Å²) in [5.41, 5.74) is 1.76. The molecule has 1 fully saturated rings. The fourth-order valence-corrected chi connectivity index (χ4v) is 2.41. The maximum Gasteiger partial charge on any atom is 0.163 e. The van der Waals surface area contributed by atoms with Crippen molar-refractivity contribution < 1.29 is 14.3 Å². The molecule has 0 saturated carbocycles. The third-order valence-electron chi connectivity index (χ3n) is 3.47. The van der Waals surface area contributed by atoms with Crippen molar-refractivity contribution in [3.8, 4) is 5.75 Å². The van der Waals surface area contributed by atoms with Crippen molar-refractivity contribution in [3.63, 3.8) is 0 Å². The summed E-state index contributed by atoms with van der Waals surface area (Å²) in [6.45, 7) is 5.10. The van der Waals surface area contributed by atoms with Gasteiger partial charge in [-0.25, -0.2) is 0 Å². The summed E-state index contributed by atoms with van der Waals surface area (Å²) in [5.74, 6) is 0.753. The molecule has 0 aliphatic carbocycles. The highest BCUT2D eigenvalue weighted by molar-refractivity contribution is 5.97. The van der Waals surface area contributed by atoms with Crippen LogP contribution in [0.2, 0.25) is 0 Å². The first kappa shape index (κ1) is 14.1. The van der Waals surface area contributed by atoms with E-state index in [1.165, 1.54) is 12.8 Å². The largest absolute Gasteiger partial charge is 0.493 e. The molecule has 2 rings (SSSR count). The monoisotopic (exact) mass is 262 g/mol. The Hall–Kier alpha value is -1.35. The average molecular weight is 262 g/mol. The normalized spacial score (nSPS) is 18.5. The average Bonchev–Trinajstić information content (AvgIpc) is 2.89. The predicted octanol–water partition coefficient (Wildman–Crippen LogP) is 3.54. The molecule has 1 heterocycles. The summed E-state index contributed by atoms with van der Waals surface area (Å²) in [4.78, 5) is 11.6. The van der Waals surface area contributed by atoms with Gasteiger partial charge in [0.15, 0.2) is 5.78 Å². The molecule has 1 aromatic carbocycles. The molecule has 1 aliphatic heterocycles. The van der Waals surface area contributed by atoms with Crippen molar-refractivity contribution in [3.05, 3.63) is 29.3 Å². The molecule has 0 radical (unpaired) electrons. The fraction of sp³-hybridized carbons (Fsp3) is 0.562. The minimum Gasteiger partial charge on any atom is -0.493 e. The number of carbonyl (C=O) groups excluding carboxylic acids is 1. The van der Waals surface area contributed by atoms with Crippen LogP contribution in [0.25, 0.3) is 0 Å². The van der Waals surface area contributed by atoms with Gasteiger partial charge in [-0.15, -0.1) is 0 Å². The predicted molar refractivity (Wildman–Crippen MR) is 74.9 cm³/mol. The van der Waals surface area contributed by atoms with Crippen molar-refractivity contribution in [1.29, 1.82) is 0 Å². The van der Waals surface area contributed by atoms with Gasteiger partial charge in [0, 0.05) is 6.61 Å². The second-order valence-electron chi connectivity index (χ2n) is 5.18. The van der Waals surface area contributed by atoms with Gasteiger partial charge in [-0.05, 0) is 51.7 Å². The zero-order valence-corrected chi connectivity index (χ0v) is 11.8. The molecule has 0 spiro atoms. The lowest BCUT2D eigenvalue weighted by Crippen LogP contribution is -2.09. The lowest BCUT2D eigenvalue weighted by molar-refractivity contribution is 0.0971. The Morgan fingerprint density at radius 1 is 1.47 bits per heavy atom. The molecule has 3 heteroatoms. The Morgan fingerprint density at radius 3 is 3.00 bits per heavy atom. The summed E-state index contributed by atoms with van der Waals surface area (Å²) >= 11 is 0. The molecule has 1 aromatic rings. The second kappa shape index (κ2) is 6.71. The molecule has 1 aliphatic rings. The zero-order chi connectivity index (χ0) is 13.7. The van der Waals surface area contributed by atoms with Crippen LogP contribution in [0.1, 0.15) is 48.5 Å². The summed E-state index contributed by atoms with van der Waals surface area (Å²) < 4.78 is 11.3. The van der Waals surface area contributed by atoms with Crippen molar-refractivity contribution in [2.75, 3.05) is 13.2 Å². The molecular formula is C16H22O3. The van der Waals surface area contributed by atoms with Crippen molar-refractivity contribution >= 4 is 5.78 Å². The summed E-state index contributed by atoms with van der Waals surface area (Å²) in [5, 5.41) is 0. The van der Waals surface area contributed by atoms with Gasteiger partial charge in [0.1, 0.15) is 5.75 Å².